The van der Waals surface area contributed by atoms with E-state index in [1.807, 2.05) is 0 Å². The van der Waals surface area contributed by atoms with E-state index < -0.39 is 0 Å². The van der Waals surface area contributed by atoms with Gasteiger partial charge in [-0.05, 0) is 75.1 Å². The van der Waals surface area contributed by atoms with E-state index in [2.05, 4.69) is 51.3 Å². The molecule has 1 saturated carbocycles. The molecule has 0 saturated heterocycles. The molecule has 1 fully saturated rings. The molecule has 0 aromatic heterocycles. The summed E-state index contributed by atoms with van der Waals surface area (Å²) in [7, 11) is 2.14. The highest BCUT2D eigenvalue weighted by Gasteiger charge is 2.29. The lowest BCUT2D eigenvalue weighted by molar-refractivity contribution is 0.200. The second-order valence-electron chi connectivity index (χ2n) is 6.75. The molecule has 0 radical (unpaired) electrons. The Hall–Kier alpha value is -0.820. The number of hydrogen-bond acceptors (Lipinski definition) is 1. The summed E-state index contributed by atoms with van der Waals surface area (Å²) in [5, 5.41) is 3.56. The first-order chi connectivity index (χ1) is 9.63. The fourth-order valence-corrected chi connectivity index (χ4v) is 3.87. The van der Waals surface area contributed by atoms with Crippen molar-refractivity contribution in [1.82, 2.24) is 5.32 Å². The average molecular weight is 273 g/mol. The maximum atomic E-state index is 3.56. The van der Waals surface area contributed by atoms with Crippen molar-refractivity contribution in [3.05, 3.63) is 34.9 Å². The van der Waals surface area contributed by atoms with Crippen LogP contribution in [0.3, 0.4) is 0 Å². The number of nitrogens with one attached hydrogen (secondary N) is 1. The van der Waals surface area contributed by atoms with Gasteiger partial charge in [0.1, 0.15) is 0 Å². The third-order valence-electron chi connectivity index (χ3n) is 5.23. The van der Waals surface area contributed by atoms with Gasteiger partial charge in [-0.15, -0.1) is 0 Å². The van der Waals surface area contributed by atoms with Gasteiger partial charge in [0.15, 0.2) is 0 Å². The predicted molar refractivity (Wildman–Crippen MR) is 88.2 cm³/mol. The molecule has 112 valence electrons. The Morgan fingerprint density at radius 3 is 2.60 bits per heavy atom. The molecule has 3 atom stereocenters. The summed E-state index contributed by atoms with van der Waals surface area (Å²) in [6.07, 6.45) is 8.18. The fraction of sp³-hybridized carbons (Fsp3) is 0.684. The first-order valence-electron chi connectivity index (χ1n) is 8.37. The summed E-state index contributed by atoms with van der Waals surface area (Å²) in [6, 6.07) is 7.72. The maximum absolute atomic E-state index is 3.56. The van der Waals surface area contributed by atoms with Gasteiger partial charge in [0, 0.05) is 6.04 Å². The molecule has 1 nitrogen and oxygen atoms in total. The van der Waals surface area contributed by atoms with Crippen molar-refractivity contribution < 1.29 is 0 Å². The smallest absolute Gasteiger partial charge is 0.00957 e. The second-order valence-corrected chi connectivity index (χ2v) is 6.75. The molecular formula is C19H31N. The van der Waals surface area contributed by atoms with Crippen LogP contribution < -0.4 is 5.32 Å². The fourth-order valence-electron chi connectivity index (χ4n) is 3.87. The summed E-state index contributed by atoms with van der Waals surface area (Å²) < 4.78 is 0. The van der Waals surface area contributed by atoms with E-state index in [1.54, 1.807) is 0 Å². The van der Waals surface area contributed by atoms with Crippen molar-refractivity contribution in [2.24, 2.45) is 11.8 Å². The normalized spacial score (nSPS) is 26.7. The lowest BCUT2D eigenvalue weighted by Gasteiger charge is -2.36. The lowest BCUT2D eigenvalue weighted by atomic mass is 9.74. The molecule has 1 heteroatoms. The summed E-state index contributed by atoms with van der Waals surface area (Å²) in [5.74, 6) is 1.77. The highest BCUT2D eigenvalue weighted by atomic mass is 14.9. The zero-order valence-corrected chi connectivity index (χ0v) is 13.7. The summed E-state index contributed by atoms with van der Waals surface area (Å²) in [4.78, 5) is 0. The predicted octanol–water partition coefficient (Wildman–Crippen LogP) is 4.65. The highest BCUT2D eigenvalue weighted by molar-refractivity contribution is 5.30. The van der Waals surface area contributed by atoms with Gasteiger partial charge in [-0.25, -0.2) is 0 Å². The molecular weight excluding hydrogens is 242 g/mol. The minimum absolute atomic E-state index is 0.713. The van der Waals surface area contributed by atoms with Crippen LogP contribution in [0.25, 0.3) is 0 Å². The van der Waals surface area contributed by atoms with Crippen LogP contribution in [-0.4, -0.2) is 13.1 Å². The van der Waals surface area contributed by atoms with Gasteiger partial charge < -0.3 is 5.32 Å². The highest BCUT2D eigenvalue weighted by Crippen LogP contribution is 2.34. The largest absolute Gasteiger partial charge is 0.317 e. The first-order valence-corrected chi connectivity index (χ1v) is 8.37. The van der Waals surface area contributed by atoms with Gasteiger partial charge in [0.25, 0.3) is 0 Å². The van der Waals surface area contributed by atoms with Gasteiger partial charge in [0.05, 0.1) is 0 Å². The molecule has 2 rings (SSSR count). The van der Waals surface area contributed by atoms with Crippen LogP contribution in [0.1, 0.15) is 55.7 Å². The third-order valence-corrected chi connectivity index (χ3v) is 5.23. The molecule has 0 heterocycles. The molecule has 0 amide bonds. The Bertz CT molecular complexity index is 424. The van der Waals surface area contributed by atoms with Gasteiger partial charge in [-0.1, -0.05) is 38.0 Å². The Labute approximate surface area is 125 Å². The minimum Gasteiger partial charge on any atom is -0.317 e. The van der Waals surface area contributed by atoms with Crippen molar-refractivity contribution in [1.29, 1.82) is 0 Å². The van der Waals surface area contributed by atoms with E-state index in [-0.39, 0.29) is 0 Å². The quantitative estimate of drug-likeness (QED) is 0.823. The number of aryl methyl sites for hydroxylation is 2. The molecule has 1 aromatic carbocycles. The van der Waals surface area contributed by atoms with Crippen LogP contribution in [0.2, 0.25) is 0 Å². The molecule has 1 aliphatic rings. The van der Waals surface area contributed by atoms with E-state index in [4.69, 9.17) is 0 Å². The van der Waals surface area contributed by atoms with Crippen LogP contribution in [0, 0.1) is 25.7 Å². The third kappa shape index (κ3) is 3.85. The van der Waals surface area contributed by atoms with Gasteiger partial charge in [-0.3, -0.25) is 0 Å². The van der Waals surface area contributed by atoms with Crippen molar-refractivity contribution >= 4 is 0 Å². The minimum atomic E-state index is 0.713. The second kappa shape index (κ2) is 7.26. The zero-order valence-electron chi connectivity index (χ0n) is 13.7. The van der Waals surface area contributed by atoms with Crippen molar-refractivity contribution in [2.45, 2.75) is 65.3 Å². The maximum Gasteiger partial charge on any atom is 0.00957 e. The summed E-state index contributed by atoms with van der Waals surface area (Å²) >= 11 is 0. The van der Waals surface area contributed by atoms with E-state index in [1.165, 1.54) is 55.2 Å². The molecule has 1 aliphatic carbocycles. The lowest BCUT2D eigenvalue weighted by Crippen LogP contribution is -2.39. The molecule has 0 bridgehead atoms. The molecule has 1 N–H and O–H groups in total. The Morgan fingerprint density at radius 1 is 1.15 bits per heavy atom. The van der Waals surface area contributed by atoms with Crippen LogP contribution in [0.15, 0.2) is 18.2 Å². The topological polar surface area (TPSA) is 12.0 Å². The SMILES string of the molecule is CCCC1CCC(NC)C(Cc2ccc(C)c(C)c2)C1. The average Bonchev–Trinajstić information content (AvgIpc) is 2.44. The number of benzene rings is 1. The van der Waals surface area contributed by atoms with Crippen molar-refractivity contribution in [2.75, 3.05) is 7.05 Å². The molecule has 0 aliphatic heterocycles. The van der Waals surface area contributed by atoms with Crippen LogP contribution in [-0.2, 0) is 6.42 Å². The van der Waals surface area contributed by atoms with Crippen molar-refractivity contribution in [3.8, 4) is 0 Å². The van der Waals surface area contributed by atoms with E-state index in [0.717, 1.165) is 11.8 Å². The van der Waals surface area contributed by atoms with Gasteiger partial charge in [0.2, 0.25) is 0 Å². The van der Waals surface area contributed by atoms with Crippen molar-refractivity contribution in [3.63, 3.8) is 0 Å². The first kappa shape index (κ1) is 15.6. The number of hydrogen-bond donors (Lipinski definition) is 1. The number of rotatable bonds is 5. The zero-order chi connectivity index (χ0) is 14.5. The summed E-state index contributed by atoms with van der Waals surface area (Å²) in [5.41, 5.74) is 4.37. The molecule has 1 aromatic rings. The van der Waals surface area contributed by atoms with E-state index >= 15 is 0 Å². The molecule has 20 heavy (non-hydrogen) atoms. The van der Waals surface area contributed by atoms with Gasteiger partial charge >= 0.3 is 0 Å². The van der Waals surface area contributed by atoms with E-state index in [0.29, 0.717) is 6.04 Å². The van der Waals surface area contributed by atoms with E-state index in [9.17, 15) is 0 Å². The van der Waals surface area contributed by atoms with Crippen LogP contribution in [0.5, 0.6) is 0 Å². The Balaban J connectivity index is 2.04. The monoisotopic (exact) mass is 273 g/mol. The van der Waals surface area contributed by atoms with Gasteiger partial charge in [-0.2, -0.15) is 0 Å². The molecule has 3 unspecified atom stereocenters. The van der Waals surface area contributed by atoms with Crippen LogP contribution >= 0.6 is 0 Å². The van der Waals surface area contributed by atoms with Crippen LogP contribution in [0.4, 0.5) is 0 Å². The Kier molecular flexibility index (Phi) is 5.65. The Morgan fingerprint density at radius 2 is 1.95 bits per heavy atom. The standard InChI is InChI=1S/C19H31N/c1-5-6-16-9-10-19(20-4)18(12-16)13-17-8-7-14(2)15(3)11-17/h7-8,11,16,18-20H,5-6,9-10,12-13H2,1-4H3. The molecule has 0 spiro atoms. The summed E-state index contributed by atoms with van der Waals surface area (Å²) in [6.45, 7) is 6.76.